The Labute approximate surface area is 166 Å². The lowest BCUT2D eigenvalue weighted by atomic mass is 10.3. The molecule has 146 valence electrons. The third-order valence-electron chi connectivity index (χ3n) is 4.59. The van der Waals surface area contributed by atoms with Crippen LogP contribution in [0, 0.1) is 0 Å². The Bertz CT molecular complexity index is 943. The monoisotopic (exact) mass is 399 g/mol. The van der Waals surface area contributed by atoms with Gasteiger partial charge in [-0.25, -0.2) is 9.97 Å². The van der Waals surface area contributed by atoms with E-state index in [1.165, 1.54) is 23.7 Å². The molecule has 0 spiro atoms. The van der Waals surface area contributed by atoms with Crippen molar-refractivity contribution in [3.63, 3.8) is 0 Å². The smallest absolute Gasteiger partial charge is 0.280 e. The van der Waals surface area contributed by atoms with Gasteiger partial charge in [-0.1, -0.05) is 11.3 Å². The van der Waals surface area contributed by atoms with E-state index in [0.717, 1.165) is 48.8 Å². The molecule has 0 unspecified atom stereocenters. The highest BCUT2D eigenvalue weighted by Gasteiger charge is 2.24. The highest BCUT2D eigenvalue weighted by atomic mass is 32.1. The van der Waals surface area contributed by atoms with E-state index >= 15 is 0 Å². The summed E-state index contributed by atoms with van der Waals surface area (Å²) in [7, 11) is 1.63. The average Bonchev–Trinajstić information content (AvgIpc) is 3.18. The van der Waals surface area contributed by atoms with Crippen LogP contribution < -0.4 is 9.64 Å². The number of carbonyl (C=O) groups excluding carboxylic acids is 1. The SMILES string of the molecule is COc1ccc2nc(N(CCN3CCOCC3)C(=O)c3cnccn3)sc2c1. The summed E-state index contributed by atoms with van der Waals surface area (Å²) in [5, 5.41) is 0.646. The predicted octanol–water partition coefficient (Wildman–Crippen LogP) is 2.07. The number of ether oxygens (including phenoxy) is 2. The van der Waals surface area contributed by atoms with E-state index < -0.39 is 0 Å². The highest BCUT2D eigenvalue weighted by molar-refractivity contribution is 7.22. The molecule has 0 bridgehead atoms. The number of thiazole rings is 1. The molecule has 1 fully saturated rings. The molecule has 0 atom stereocenters. The molecule has 0 aliphatic carbocycles. The summed E-state index contributed by atoms with van der Waals surface area (Å²) in [5.41, 5.74) is 1.14. The molecule has 4 rings (SSSR count). The van der Waals surface area contributed by atoms with Crippen LogP contribution in [0.1, 0.15) is 10.5 Å². The van der Waals surface area contributed by atoms with Crippen LogP contribution in [0.25, 0.3) is 10.2 Å². The molecule has 1 aromatic carbocycles. The second kappa shape index (κ2) is 8.59. The maximum Gasteiger partial charge on any atom is 0.280 e. The molecule has 8 nitrogen and oxygen atoms in total. The number of morpholine rings is 1. The number of nitrogens with zero attached hydrogens (tertiary/aromatic N) is 5. The van der Waals surface area contributed by atoms with Crippen LogP contribution >= 0.6 is 11.3 Å². The second-order valence-corrected chi connectivity index (χ2v) is 7.34. The molecule has 2 aromatic heterocycles. The van der Waals surface area contributed by atoms with Gasteiger partial charge in [-0.3, -0.25) is 19.6 Å². The number of rotatable bonds is 6. The lowest BCUT2D eigenvalue weighted by Crippen LogP contribution is -2.43. The van der Waals surface area contributed by atoms with Gasteiger partial charge in [-0.15, -0.1) is 0 Å². The molecule has 1 saturated heterocycles. The lowest BCUT2D eigenvalue weighted by molar-refractivity contribution is 0.0391. The van der Waals surface area contributed by atoms with E-state index in [-0.39, 0.29) is 5.91 Å². The molecule has 1 amide bonds. The van der Waals surface area contributed by atoms with Crippen LogP contribution in [0.4, 0.5) is 5.13 Å². The first-order chi connectivity index (χ1) is 13.7. The summed E-state index contributed by atoms with van der Waals surface area (Å²) >= 11 is 1.47. The third kappa shape index (κ3) is 4.11. The molecule has 28 heavy (non-hydrogen) atoms. The summed E-state index contributed by atoms with van der Waals surface area (Å²) in [4.78, 5) is 30.0. The summed E-state index contributed by atoms with van der Waals surface area (Å²) in [6.07, 6.45) is 4.57. The molecule has 0 N–H and O–H groups in total. The molecule has 9 heteroatoms. The molecular weight excluding hydrogens is 378 g/mol. The number of hydrogen-bond acceptors (Lipinski definition) is 8. The van der Waals surface area contributed by atoms with Crippen molar-refractivity contribution >= 4 is 32.6 Å². The van der Waals surface area contributed by atoms with Gasteiger partial charge in [0.25, 0.3) is 5.91 Å². The van der Waals surface area contributed by atoms with E-state index in [1.54, 1.807) is 18.2 Å². The number of aromatic nitrogens is 3. The maximum atomic E-state index is 13.1. The first-order valence-corrected chi connectivity index (χ1v) is 9.89. The van der Waals surface area contributed by atoms with Crippen LogP contribution in [-0.2, 0) is 4.74 Å². The van der Waals surface area contributed by atoms with Crippen LogP contribution in [0.3, 0.4) is 0 Å². The van der Waals surface area contributed by atoms with Crippen LogP contribution in [0.15, 0.2) is 36.8 Å². The molecule has 0 radical (unpaired) electrons. The van der Waals surface area contributed by atoms with Crippen molar-refractivity contribution in [2.75, 3.05) is 51.4 Å². The Morgan fingerprint density at radius 3 is 2.93 bits per heavy atom. The zero-order valence-electron chi connectivity index (χ0n) is 15.6. The minimum atomic E-state index is -0.201. The standard InChI is InChI=1S/C19H21N5O3S/c1-26-14-2-3-15-17(12-14)28-19(22-15)24(7-6-23-8-10-27-11-9-23)18(25)16-13-20-4-5-21-16/h2-5,12-13H,6-11H2,1H3. The second-order valence-electron chi connectivity index (χ2n) is 6.33. The number of benzene rings is 1. The number of carbonyl (C=O) groups is 1. The van der Waals surface area contributed by atoms with Crippen LogP contribution in [0.5, 0.6) is 5.75 Å². The zero-order chi connectivity index (χ0) is 19.3. The van der Waals surface area contributed by atoms with Gasteiger partial charge in [0.2, 0.25) is 0 Å². The van der Waals surface area contributed by atoms with Gasteiger partial charge in [-0.05, 0) is 18.2 Å². The van der Waals surface area contributed by atoms with E-state index in [0.29, 0.717) is 17.4 Å². The number of hydrogen-bond donors (Lipinski definition) is 0. The minimum Gasteiger partial charge on any atom is -0.497 e. The van der Waals surface area contributed by atoms with Crippen molar-refractivity contribution in [2.45, 2.75) is 0 Å². The molecule has 3 heterocycles. The van der Waals surface area contributed by atoms with Crippen molar-refractivity contribution in [2.24, 2.45) is 0 Å². The number of amides is 1. The maximum absolute atomic E-state index is 13.1. The van der Waals surface area contributed by atoms with Crippen molar-refractivity contribution in [3.05, 3.63) is 42.5 Å². The van der Waals surface area contributed by atoms with Crippen molar-refractivity contribution < 1.29 is 14.3 Å². The van der Waals surface area contributed by atoms with Crippen molar-refractivity contribution in [3.8, 4) is 5.75 Å². The molecule has 3 aromatic rings. The Kier molecular flexibility index (Phi) is 5.75. The summed E-state index contributed by atoms with van der Waals surface area (Å²) in [5.74, 6) is 0.565. The van der Waals surface area contributed by atoms with Gasteiger partial charge in [-0.2, -0.15) is 0 Å². The fourth-order valence-corrected chi connectivity index (χ4v) is 4.05. The van der Waals surface area contributed by atoms with E-state index in [2.05, 4.69) is 19.9 Å². The molecular formula is C19H21N5O3S. The minimum absolute atomic E-state index is 0.201. The van der Waals surface area contributed by atoms with Crippen LogP contribution in [-0.4, -0.2) is 72.3 Å². The Hall–Kier alpha value is -2.62. The Balaban J connectivity index is 1.62. The van der Waals surface area contributed by atoms with Gasteiger partial charge in [0.15, 0.2) is 5.13 Å². The first kappa shape index (κ1) is 18.7. The van der Waals surface area contributed by atoms with Gasteiger partial charge >= 0.3 is 0 Å². The van der Waals surface area contributed by atoms with E-state index in [9.17, 15) is 4.79 Å². The fourth-order valence-electron chi connectivity index (χ4n) is 3.03. The fraction of sp³-hybridized carbons (Fsp3) is 0.368. The summed E-state index contributed by atoms with van der Waals surface area (Å²) in [6.45, 7) is 4.44. The normalized spacial score (nSPS) is 14.9. The third-order valence-corrected chi connectivity index (χ3v) is 5.63. The van der Waals surface area contributed by atoms with E-state index in [4.69, 9.17) is 9.47 Å². The predicted molar refractivity (Wildman–Crippen MR) is 107 cm³/mol. The van der Waals surface area contributed by atoms with Crippen LogP contribution in [0.2, 0.25) is 0 Å². The lowest BCUT2D eigenvalue weighted by Gasteiger charge is -2.29. The Morgan fingerprint density at radius 2 is 2.18 bits per heavy atom. The topological polar surface area (TPSA) is 80.7 Å². The molecule has 1 aliphatic heterocycles. The molecule has 0 saturated carbocycles. The highest BCUT2D eigenvalue weighted by Crippen LogP contribution is 2.32. The quantitative estimate of drug-likeness (QED) is 0.628. The van der Waals surface area contributed by atoms with Gasteiger partial charge in [0.1, 0.15) is 11.4 Å². The number of fused-ring (bicyclic) bond motifs is 1. The average molecular weight is 399 g/mol. The van der Waals surface area contributed by atoms with Gasteiger partial charge in [0.05, 0.1) is 36.7 Å². The largest absolute Gasteiger partial charge is 0.497 e. The van der Waals surface area contributed by atoms with Crippen molar-refractivity contribution in [1.82, 2.24) is 19.9 Å². The Morgan fingerprint density at radius 1 is 1.32 bits per heavy atom. The van der Waals surface area contributed by atoms with Gasteiger partial charge < -0.3 is 9.47 Å². The summed E-state index contributed by atoms with van der Waals surface area (Å²) < 4.78 is 11.7. The molecule has 1 aliphatic rings. The first-order valence-electron chi connectivity index (χ1n) is 9.07. The number of anilines is 1. The van der Waals surface area contributed by atoms with Crippen molar-refractivity contribution in [1.29, 1.82) is 0 Å². The number of methoxy groups -OCH3 is 1. The van der Waals surface area contributed by atoms with E-state index in [1.807, 2.05) is 18.2 Å². The summed E-state index contributed by atoms with van der Waals surface area (Å²) in [6, 6.07) is 5.71. The van der Waals surface area contributed by atoms with Gasteiger partial charge in [0, 0.05) is 38.6 Å². The zero-order valence-corrected chi connectivity index (χ0v) is 16.4.